The number of hydrogen-bond donors (Lipinski definition) is 0. The minimum atomic E-state index is -0.0706. The molecule has 0 aliphatic heterocycles. The van der Waals surface area contributed by atoms with Gasteiger partial charge in [0.2, 0.25) is 0 Å². The first-order chi connectivity index (χ1) is 11.1. The van der Waals surface area contributed by atoms with Crippen LogP contribution < -0.4 is 0 Å². The number of benzene rings is 2. The first-order valence-electron chi connectivity index (χ1n) is 6.95. The van der Waals surface area contributed by atoms with Gasteiger partial charge >= 0.3 is 0 Å². The first-order valence-corrected chi connectivity index (χ1v) is 8.58. The monoisotopic (exact) mass is 358 g/mol. The Balaban J connectivity index is 1.91. The molecule has 0 radical (unpaired) electrons. The van der Waals surface area contributed by atoms with Crippen LogP contribution in [0.4, 0.5) is 0 Å². The van der Waals surface area contributed by atoms with E-state index < -0.39 is 0 Å². The number of hydrogen-bond acceptors (Lipinski definition) is 2. The fourth-order valence-electron chi connectivity index (χ4n) is 2.20. The summed E-state index contributed by atoms with van der Waals surface area (Å²) in [7, 11) is 0. The lowest BCUT2D eigenvalue weighted by Crippen LogP contribution is -1.93. The summed E-state index contributed by atoms with van der Waals surface area (Å²) in [5.74, 6) is -0.0706. The molecule has 0 fully saturated rings. The van der Waals surface area contributed by atoms with Crippen LogP contribution in [0, 0.1) is 0 Å². The van der Waals surface area contributed by atoms with Crippen molar-refractivity contribution in [3.8, 4) is 10.4 Å². The third kappa shape index (κ3) is 3.91. The summed E-state index contributed by atoms with van der Waals surface area (Å²) in [4.78, 5) is 13.4. The second-order valence-corrected chi connectivity index (χ2v) is 6.73. The Labute approximate surface area is 148 Å². The molecule has 2 aromatic carbocycles. The molecular weight excluding hydrogens is 347 g/mol. The molecule has 0 saturated heterocycles. The molecule has 1 aromatic heterocycles. The Morgan fingerprint density at radius 2 is 1.70 bits per heavy atom. The predicted octanol–water partition coefficient (Wildman–Crippen LogP) is 6.62. The Morgan fingerprint density at radius 1 is 0.957 bits per heavy atom. The molecule has 0 spiro atoms. The van der Waals surface area contributed by atoms with Crippen molar-refractivity contribution in [1.82, 2.24) is 0 Å². The smallest absolute Gasteiger partial charge is 0.185 e. The minimum Gasteiger partial charge on any atom is -0.289 e. The van der Waals surface area contributed by atoms with E-state index >= 15 is 0 Å². The van der Waals surface area contributed by atoms with E-state index in [-0.39, 0.29) is 5.78 Å². The van der Waals surface area contributed by atoms with Crippen LogP contribution in [0.3, 0.4) is 0 Å². The van der Waals surface area contributed by atoms with Gasteiger partial charge in [0.25, 0.3) is 0 Å². The minimum absolute atomic E-state index is 0.0706. The van der Waals surface area contributed by atoms with Crippen molar-refractivity contribution in [1.29, 1.82) is 0 Å². The molecule has 3 rings (SSSR count). The molecule has 4 heteroatoms. The number of halogens is 2. The maximum absolute atomic E-state index is 12.3. The second-order valence-electron chi connectivity index (χ2n) is 4.91. The van der Waals surface area contributed by atoms with E-state index in [1.165, 1.54) is 0 Å². The lowest BCUT2D eigenvalue weighted by molar-refractivity contribution is 0.104. The molecule has 114 valence electrons. The Hall–Kier alpha value is -1.87. The predicted molar refractivity (Wildman–Crippen MR) is 99.6 cm³/mol. The van der Waals surface area contributed by atoms with Gasteiger partial charge in [0.15, 0.2) is 5.78 Å². The van der Waals surface area contributed by atoms with Gasteiger partial charge in [0, 0.05) is 20.5 Å². The Morgan fingerprint density at radius 3 is 2.39 bits per heavy atom. The highest BCUT2D eigenvalue weighted by atomic mass is 35.5. The zero-order valence-electron chi connectivity index (χ0n) is 12.0. The fourth-order valence-corrected chi connectivity index (χ4v) is 3.28. The van der Waals surface area contributed by atoms with Crippen molar-refractivity contribution in [2.24, 2.45) is 0 Å². The van der Waals surface area contributed by atoms with Crippen molar-refractivity contribution in [3.05, 3.63) is 87.2 Å². The van der Waals surface area contributed by atoms with Gasteiger partial charge in [-0.15, -0.1) is 11.3 Å². The van der Waals surface area contributed by atoms with Crippen molar-refractivity contribution in [3.63, 3.8) is 0 Å². The van der Waals surface area contributed by atoms with Gasteiger partial charge in [-0.25, -0.2) is 0 Å². The molecular formula is C19H12Cl2OS. The zero-order valence-corrected chi connectivity index (χ0v) is 14.3. The van der Waals surface area contributed by atoms with E-state index in [0.29, 0.717) is 15.6 Å². The topological polar surface area (TPSA) is 17.1 Å². The maximum atomic E-state index is 12.3. The van der Waals surface area contributed by atoms with E-state index in [1.54, 1.807) is 47.8 Å². The first kappa shape index (κ1) is 16.0. The molecule has 0 unspecified atom stereocenters. The molecule has 0 saturated carbocycles. The number of carbonyl (C=O) groups is 1. The SMILES string of the molecule is O=C(/C=C/c1cc(Cl)ccc1-c1cccs1)c1ccc(Cl)cc1. The molecule has 0 aliphatic rings. The number of allylic oxidation sites excluding steroid dienone is 1. The van der Waals surface area contributed by atoms with E-state index in [0.717, 1.165) is 16.0 Å². The Kier molecular flexibility index (Phi) is 4.97. The van der Waals surface area contributed by atoms with Gasteiger partial charge in [-0.2, -0.15) is 0 Å². The lowest BCUT2D eigenvalue weighted by atomic mass is 10.0. The molecule has 0 aliphatic carbocycles. The standard InChI is InChI=1S/C19H12Cl2OS/c20-15-6-3-13(4-7-15)18(22)10-5-14-12-16(21)8-9-17(14)19-2-1-11-23-19/h1-12H/b10-5+. The molecule has 23 heavy (non-hydrogen) atoms. The van der Waals surface area contributed by atoms with Gasteiger partial charge in [-0.05, 0) is 65.0 Å². The molecule has 0 bridgehead atoms. The zero-order chi connectivity index (χ0) is 16.2. The molecule has 0 atom stereocenters. The van der Waals surface area contributed by atoms with E-state index in [1.807, 2.05) is 35.7 Å². The van der Waals surface area contributed by atoms with Gasteiger partial charge in [0.1, 0.15) is 0 Å². The fraction of sp³-hybridized carbons (Fsp3) is 0. The highest BCUT2D eigenvalue weighted by Crippen LogP contribution is 2.31. The van der Waals surface area contributed by atoms with Crippen LogP contribution in [0.5, 0.6) is 0 Å². The quantitative estimate of drug-likeness (QED) is 0.378. The van der Waals surface area contributed by atoms with Crippen LogP contribution in [0.2, 0.25) is 10.0 Å². The van der Waals surface area contributed by atoms with Gasteiger partial charge in [-0.3, -0.25) is 4.79 Å². The van der Waals surface area contributed by atoms with Gasteiger partial charge < -0.3 is 0 Å². The molecule has 0 amide bonds. The summed E-state index contributed by atoms with van der Waals surface area (Å²) in [6.45, 7) is 0. The second kappa shape index (κ2) is 7.14. The van der Waals surface area contributed by atoms with E-state index in [2.05, 4.69) is 0 Å². The van der Waals surface area contributed by atoms with Crippen molar-refractivity contribution in [2.45, 2.75) is 0 Å². The number of rotatable bonds is 4. The summed E-state index contributed by atoms with van der Waals surface area (Å²) in [6.07, 6.45) is 3.36. The van der Waals surface area contributed by atoms with Crippen LogP contribution in [0.15, 0.2) is 66.1 Å². The van der Waals surface area contributed by atoms with Crippen LogP contribution >= 0.6 is 34.5 Å². The summed E-state index contributed by atoms with van der Waals surface area (Å²) < 4.78 is 0. The largest absolute Gasteiger partial charge is 0.289 e. The number of thiophene rings is 1. The van der Waals surface area contributed by atoms with Crippen molar-refractivity contribution >= 4 is 46.4 Å². The van der Waals surface area contributed by atoms with E-state index in [9.17, 15) is 4.79 Å². The summed E-state index contributed by atoms with van der Waals surface area (Å²) in [6, 6.07) is 16.6. The van der Waals surface area contributed by atoms with Crippen LogP contribution in [0.25, 0.3) is 16.5 Å². The molecule has 3 aromatic rings. The van der Waals surface area contributed by atoms with Crippen LogP contribution in [0.1, 0.15) is 15.9 Å². The average molecular weight is 359 g/mol. The Bertz CT molecular complexity index is 850. The van der Waals surface area contributed by atoms with Crippen molar-refractivity contribution in [2.75, 3.05) is 0 Å². The normalized spacial score (nSPS) is 11.0. The highest BCUT2D eigenvalue weighted by Gasteiger charge is 2.06. The lowest BCUT2D eigenvalue weighted by Gasteiger charge is -2.04. The molecule has 0 N–H and O–H groups in total. The van der Waals surface area contributed by atoms with Crippen LogP contribution in [-0.2, 0) is 0 Å². The van der Waals surface area contributed by atoms with Gasteiger partial charge in [0.05, 0.1) is 0 Å². The average Bonchev–Trinajstić information content (AvgIpc) is 3.07. The highest BCUT2D eigenvalue weighted by molar-refractivity contribution is 7.13. The van der Waals surface area contributed by atoms with E-state index in [4.69, 9.17) is 23.2 Å². The summed E-state index contributed by atoms with van der Waals surface area (Å²) in [5, 5.41) is 3.28. The number of ketones is 1. The van der Waals surface area contributed by atoms with Crippen LogP contribution in [-0.4, -0.2) is 5.78 Å². The third-order valence-corrected chi connectivity index (χ3v) is 4.73. The number of carbonyl (C=O) groups excluding carboxylic acids is 1. The molecule has 1 nitrogen and oxygen atoms in total. The van der Waals surface area contributed by atoms with Gasteiger partial charge in [-0.1, -0.05) is 41.4 Å². The molecule has 1 heterocycles. The summed E-state index contributed by atoms with van der Waals surface area (Å²) in [5.41, 5.74) is 2.58. The summed E-state index contributed by atoms with van der Waals surface area (Å²) >= 11 is 13.6. The van der Waals surface area contributed by atoms with Crippen molar-refractivity contribution < 1.29 is 4.79 Å². The maximum Gasteiger partial charge on any atom is 0.185 e. The third-order valence-electron chi connectivity index (χ3n) is 3.34.